The van der Waals surface area contributed by atoms with Crippen LogP contribution in [-0.4, -0.2) is 55.7 Å². The smallest absolute Gasteiger partial charge is 0.246 e. The number of aromatic nitrogens is 4. The van der Waals surface area contributed by atoms with Crippen molar-refractivity contribution in [2.75, 3.05) is 35.8 Å². The Kier molecular flexibility index (Phi) is 10.1. The Bertz CT molecular complexity index is 1650. The molecule has 4 rings (SSSR count). The predicted molar refractivity (Wildman–Crippen MR) is 161 cm³/mol. The van der Waals surface area contributed by atoms with Crippen LogP contribution in [-0.2, 0) is 15.9 Å². The van der Waals surface area contributed by atoms with Gasteiger partial charge in [-0.3, -0.25) is 9.36 Å². The number of amides is 1. The van der Waals surface area contributed by atoms with E-state index >= 15 is 0 Å². The highest BCUT2D eigenvalue weighted by molar-refractivity contribution is 8.01. The Hall–Kier alpha value is -2.61. The number of carbonyl (C=O) groups is 1. The van der Waals surface area contributed by atoms with Gasteiger partial charge in [0, 0.05) is 35.7 Å². The summed E-state index contributed by atoms with van der Waals surface area (Å²) in [7, 11) is -3.04. The first-order valence-electron chi connectivity index (χ1n) is 12.0. The molecular weight excluding hydrogens is 618 g/mol. The zero-order chi connectivity index (χ0) is 28.9. The summed E-state index contributed by atoms with van der Waals surface area (Å²) >= 11 is 14.0. The van der Waals surface area contributed by atoms with Gasteiger partial charge in [0.15, 0.2) is 15.7 Å². The summed E-state index contributed by atoms with van der Waals surface area (Å²) in [6, 6.07) is 7.62. The molecule has 2 heterocycles. The maximum Gasteiger partial charge on any atom is 0.246 e. The maximum atomic E-state index is 13.6. The minimum atomic E-state index is -3.04. The minimum absolute atomic E-state index is 0.0332. The SMILES string of the molecule is CCOc1cc2ncnc(Nc3ccc(F)c(Cl)c3)c2cc1NC(=O)Cn1nc(SCCCP(C)(=O)O)sc1=S. The maximum absolute atomic E-state index is 13.6. The average Bonchev–Trinajstić information content (AvgIpc) is 3.23. The fourth-order valence-corrected chi connectivity index (χ4v) is 7.04. The second kappa shape index (κ2) is 13.4. The molecule has 3 N–H and O–H groups in total. The summed E-state index contributed by atoms with van der Waals surface area (Å²) in [6.45, 7) is 3.41. The fourth-order valence-electron chi connectivity index (χ4n) is 3.56. The number of hydrogen-bond donors (Lipinski definition) is 3. The van der Waals surface area contributed by atoms with E-state index in [0.29, 0.717) is 60.9 Å². The standard InChI is InChI=1S/C24H25ClFN6O4PS3/c1-3-36-20-11-18-15(22(28-13-27-18)29-14-5-6-17(26)16(25)9-14)10-19(20)30-21(33)12-32-24(38)40-23(31-32)39-8-4-7-37(2,34)35/h5-6,9-11,13H,3-4,7-8,12H2,1-2H3,(H,30,33)(H,34,35)(H,27,28,29). The zero-order valence-electron chi connectivity index (χ0n) is 21.4. The Morgan fingerprint density at radius 3 is 2.85 bits per heavy atom. The number of thioether (sulfide) groups is 1. The lowest BCUT2D eigenvalue weighted by Gasteiger charge is -2.15. The molecule has 0 spiro atoms. The van der Waals surface area contributed by atoms with Crippen molar-refractivity contribution in [3.05, 3.63) is 51.5 Å². The molecule has 0 radical (unpaired) electrons. The Morgan fingerprint density at radius 1 is 1.32 bits per heavy atom. The van der Waals surface area contributed by atoms with Crippen LogP contribution in [0.25, 0.3) is 10.9 Å². The Balaban J connectivity index is 1.52. The van der Waals surface area contributed by atoms with Gasteiger partial charge < -0.3 is 20.3 Å². The zero-order valence-corrected chi connectivity index (χ0v) is 25.5. The molecule has 0 aliphatic heterocycles. The number of rotatable bonds is 12. The number of hydrogen-bond acceptors (Lipinski definition) is 10. The number of carbonyl (C=O) groups excluding carboxylic acids is 1. The largest absolute Gasteiger partial charge is 0.492 e. The van der Waals surface area contributed by atoms with Crippen LogP contribution in [0.1, 0.15) is 13.3 Å². The first-order chi connectivity index (χ1) is 19.0. The lowest BCUT2D eigenvalue weighted by Crippen LogP contribution is -2.20. The second-order valence-electron chi connectivity index (χ2n) is 8.59. The predicted octanol–water partition coefficient (Wildman–Crippen LogP) is 6.57. The molecule has 1 atom stereocenters. The van der Waals surface area contributed by atoms with E-state index in [1.54, 1.807) is 12.1 Å². The van der Waals surface area contributed by atoms with Crippen LogP contribution in [0.2, 0.25) is 5.02 Å². The van der Waals surface area contributed by atoms with Crippen molar-refractivity contribution in [2.45, 2.75) is 24.2 Å². The van der Waals surface area contributed by atoms with Crippen molar-refractivity contribution >= 4 is 88.3 Å². The van der Waals surface area contributed by atoms with Gasteiger partial charge in [0.05, 0.1) is 22.8 Å². The van der Waals surface area contributed by atoms with Crippen LogP contribution in [0, 0.1) is 9.77 Å². The molecule has 10 nitrogen and oxygen atoms in total. The van der Waals surface area contributed by atoms with Crippen LogP contribution in [0.3, 0.4) is 0 Å². The summed E-state index contributed by atoms with van der Waals surface area (Å²) in [5.74, 6) is 0.557. The van der Waals surface area contributed by atoms with E-state index in [9.17, 15) is 18.6 Å². The number of fused-ring (bicyclic) bond motifs is 1. The molecule has 212 valence electrons. The van der Waals surface area contributed by atoms with Gasteiger partial charge in [0.25, 0.3) is 0 Å². The molecule has 2 aromatic carbocycles. The third-order valence-corrected chi connectivity index (χ3v) is 9.28. The van der Waals surface area contributed by atoms with Gasteiger partial charge in [-0.2, -0.15) is 5.10 Å². The first kappa shape index (κ1) is 30.4. The quantitative estimate of drug-likeness (QED) is 0.0674. The monoisotopic (exact) mass is 642 g/mol. The van der Waals surface area contributed by atoms with E-state index in [1.807, 2.05) is 6.92 Å². The third kappa shape index (κ3) is 8.21. The molecule has 0 aliphatic carbocycles. The highest BCUT2D eigenvalue weighted by Gasteiger charge is 2.16. The molecule has 2 aromatic heterocycles. The van der Waals surface area contributed by atoms with Gasteiger partial charge >= 0.3 is 0 Å². The number of ether oxygens (including phenoxy) is 1. The van der Waals surface area contributed by atoms with Crippen LogP contribution in [0.15, 0.2) is 41.0 Å². The van der Waals surface area contributed by atoms with E-state index in [2.05, 4.69) is 25.7 Å². The average molecular weight is 643 g/mol. The summed E-state index contributed by atoms with van der Waals surface area (Å²) in [4.78, 5) is 31.1. The molecule has 0 saturated heterocycles. The molecule has 1 unspecified atom stereocenters. The minimum Gasteiger partial charge on any atom is -0.492 e. The van der Waals surface area contributed by atoms with Crippen LogP contribution < -0.4 is 15.4 Å². The van der Waals surface area contributed by atoms with Crippen molar-refractivity contribution in [3.63, 3.8) is 0 Å². The molecule has 0 saturated carbocycles. The van der Waals surface area contributed by atoms with Crippen LogP contribution >= 0.6 is 54.3 Å². The fraction of sp³-hybridized carbons (Fsp3) is 0.292. The van der Waals surface area contributed by atoms with E-state index in [4.69, 9.17) is 28.6 Å². The summed E-state index contributed by atoms with van der Waals surface area (Å²) in [5, 5.41) is 10.9. The molecular formula is C24H25ClFN6O4PS3. The first-order valence-corrected chi connectivity index (χ1v) is 16.8. The lowest BCUT2D eigenvalue weighted by atomic mass is 10.1. The van der Waals surface area contributed by atoms with Gasteiger partial charge in [0.1, 0.15) is 30.3 Å². The Labute approximate surface area is 247 Å². The van der Waals surface area contributed by atoms with Gasteiger partial charge in [-0.1, -0.05) is 34.7 Å². The third-order valence-electron chi connectivity index (χ3n) is 5.32. The summed E-state index contributed by atoms with van der Waals surface area (Å²) < 4.78 is 33.3. The second-order valence-corrected chi connectivity index (χ2v) is 14.5. The van der Waals surface area contributed by atoms with Gasteiger partial charge in [-0.05, 0) is 49.8 Å². The number of anilines is 3. The molecule has 1 amide bonds. The lowest BCUT2D eigenvalue weighted by molar-refractivity contribution is -0.117. The van der Waals surface area contributed by atoms with Crippen LogP contribution in [0.4, 0.5) is 21.6 Å². The number of benzene rings is 2. The Morgan fingerprint density at radius 2 is 2.12 bits per heavy atom. The number of nitrogens with one attached hydrogen (secondary N) is 2. The molecule has 16 heteroatoms. The number of halogens is 2. The molecule has 0 aliphatic rings. The summed E-state index contributed by atoms with van der Waals surface area (Å²) in [5.41, 5.74) is 1.49. The highest BCUT2D eigenvalue weighted by Crippen LogP contribution is 2.37. The van der Waals surface area contributed by atoms with Crippen LogP contribution in [0.5, 0.6) is 5.75 Å². The molecule has 0 bridgehead atoms. The molecule has 40 heavy (non-hydrogen) atoms. The molecule has 4 aromatic rings. The van der Waals surface area contributed by atoms with Crippen molar-refractivity contribution in [1.29, 1.82) is 0 Å². The van der Waals surface area contributed by atoms with Crippen molar-refractivity contribution < 1.29 is 23.4 Å². The van der Waals surface area contributed by atoms with Gasteiger partial charge in [0.2, 0.25) is 5.91 Å². The van der Waals surface area contributed by atoms with Crippen molar-refractivity contribution in [1.82, 2.24) is 19.7 Å². The van der Waals surface area contributed by atoms with E-state index < -0.39 is 13.2 Å². The van der Waals surface area contributed by atoms with Crippen molar-refractivity contribution in [3.8, 4) is 5.75 Å². The van der Waals surface area contributed by atoms with E-state index in [-0.39, 0.29) is 23.6 Å². The summed E-state index contributed by atoms with van der Waals surface area (Å²) in [6.07, 6.45) is 2.19. The van der Waals surface area contributed by atoms with Gasteiger partial charge in [-0.15, -0.1) is 0 Å². The normalized spacial score (nSPS) is 12.7. The van der Waals surface area contributed by atoms with Crippen molar-refractivity contribution in [2.24, 2.45) is 0 Å². The topological polar surface area (TPSA) is 131 Å². The van der Waals surface area contributed by atoms with E-state index in [1.165, 1.54) is 59.0 Å². The number of nitrogens with zero attached hydrogens (tertiary/aromatic N) is 4. The molecule has 0 fully saturated rings. The van der Waals surface area contributed by atoms with Gasteiger partial charge in [-0.25, -0.2) is 19.0 Å². The van der Waals surface area contributed by atoms with E-state index in [0.717, 1.165) is 0 Å². The highest BCUT2D eigenvalue weighted by atomic mass is 35.5.